The third kappa shape index (κ3) is 7.55. The van der Waals surface area contributed by atoms with E-state index in [1.807, 2.05) is 0 Å². The second kappa shape index (κ2) is 9.22. The van der Waals surface area contributed by atoms with Crippen LogP contribution in [-0.4, -0.2) is 42.9 Å². The molecular weight excluding hydrogens is 338 g/mol. The van der Waals surface area contributed by atoms with Gasteiger partial charge in [0.15, 0.2) is 0 Å². The van der Waals surface area contributed by atoms with Crippen LogP contribution in [0.4, 0.5) is 4.79 Å². The summed E-state index contributed by atoms with van der Waals surface area (Å²) in [6.07, 6.45) is -0.812. The number of carbonyl (C=O) groups excluding carboxylic acids is 3. The van der Waals surface area contributed by atoms with Crippen molar-refractivity contribution in [3.8, 4) is 0 Å². The zero-order valence-electron chi connectivity index (χ0n) is 16.1. The molecule has 1 aromatic rings. The van der Waals surface area contributed by atoms with Gasteiger partial charge in [0.05, 0.1) is 18.8 Å². The monoisotopic (exact) mass is 365 g/mol. The van der Waals surface area contributed by atoms with Gasteiger partial charge in [-0.2, -0.15) is 0 Å². The van der Waals surface area contributed by atoms with Crippen LogP contribution in [0.5, 0.6) is 0 Å². The number of hydrogen-bond donors (Lipinski definition) is 1. The number of rotatable bonds is 6. The predicted molar refractivity (Wildman–Crippen MR) is 95.9 cm³/mol. The van der Waals surface area contributed by atoms with Gasteiger partial charge in [-0.05, 0) is 52.3 Å². The molecule has 1 N–H and O–H groups in total. The molecule has 0 saturated carbocycles. The molecular formula is C19H27NO6. The van der Waals surface area contributed by atoms with Gasteiger partial charge in [-0.3, -0.25) is 0 Å². The fourth-order valence-electron chi connectivity index (χ4n) is 2.09. The molecule has 144 valence electrons. The third-order valence-electron chi connectivity index (χ3n) is 3.14. The summed E-state index contributed by atoms with van der Waals surface area (Å²) in [6.45, 7) is 8.67. The molecule has 1 aromatic carbocycles. The summed E-state index contributed by atoms with van der Waals surface area (Å²) in [4.78, 5) is 35.8. The molecule has 1 amide bonds. The zero-order valence-corrected chi connectivity index (χ0v) is 16.1. The second-order valence-electron chi connectivity index (χ2n) is 7.08. The minimum Gasteiger partial charge on any atom is -0.465 e. The van der Waals surface area contributed by atoms with Gasteiger partial charge in [0.25, 0.3) is 0 Å². The summed E-state index contributed by atoms with van der Waals surface area (Å²) < 4.78 is 15.1. The molecule has 1 unspecified atom stereocenters. The largest absolute Gasteiger partial charge is 0.465 e. The standard InChI is InChI=1S/C19H27NO6/c1-12(2)25-17(22)15(20-18(23)26-19(3,4)5)11-13-7-9-14(10-8-13)16(21)24-6/h7-10,12,15H,11H2,1-6H3,(H,20,23). The van der Waals surface area contributed by atoms with Crippen LogP contribution in [0.3, 0.4) is 0 Å². The Bertz CT molecular complexity index is 630. The van der Waals surface area contributed by atoms with Crippen LogP contribution in [0.25, 0.3) is 0 Å². The highest BCUT2D eigenvalue weighted by Crippen LogP contribution is 2.11. The van der Waals surface area contributed by atoms with Crippen molar-refractivity contribution in [2.45, 2.75) is 58.8 Å². The van der Waals surface area contributed by atoms with E-state index >= 15 is 0 Å². The van der Waals surface area contributed by atoms with Crippen molar-refractivity contribution in [3.63, 3.8) is 0 Å². The predicted octanol–water partition coefficient (Wildman–Crippen LogP) is 2.86. The number of nitrogens with one attached hydrogen (secondary N) is 1. The molecule has 0 aromatic heterocycles. The van der Waals surface area contributed by atoms with E-state index in [1.165, 1.54) is 7.11 Å². The van der Waals surface area contributed by atoms with Gasteiger partial charge in [0, 0.05) is 6.42 Å². The van der Waals surface area contributed by atoms with Crippen LogP contribution >= 0.6 is 0 Å². The molecule has 0 spiro atoms. The van der Waals surface area contributed by atoms with Gasteiger partial charge in [0.1, 0.15) is 11.6 Å². The molecule has 0 radical (unpaired) electrons. The Morgan fingerprint density at radius 3 is 2.12 bits per heavy atom. The first-order valence-electron chi connectivity index (χ1n) is 8.39. The lowest BCUT2D eigenvalue weighted by Crippen LogP contribution is -2.46. The lowest BCUT2D eigenvalue weighted by atomic mass is 10.0. The van der Waals surface area contributed by atoms with Gasteiger partial charge >= 0.3 is 18.0 Å². The van der Waals surface area contributed by atoms with Crippen molar-refractivity contribution < 1.29 is 28.6 Å². The summed E-state index contributed by atoms with van der Waals surface area (Å²) in [5.74, 6) is -0.998. The second-order valence-corrected chi connectivity index (χ2v) is 7.08. The molecule has 0 aliphatic rings. The summed E-state index contributed by atoms with van der Waals surface area (Å²) in [5, 5.41) is 2.55. The van der Waals surface area contributed by atoms with E-state index in [4.69, 9.17) is 9.47 Å². The van der Waals surface area contributed by atoms with Gasteiger partial charge in [-0.25, -0.2) is 14.4 Å². The Labute approximate surface area is 154 Å². The minimum atomic E-state index is -0.906. The Morgan fingerprint density at radius 1 is 1.08 bits per heavy atom. The number of esters is 2. The first-order chi connectivity index (χ1) is 12.0. The molecule has 1 atom stereocenters. The molecule has 26 heavy (non-hydrogen) atoms. The fourth-order valence-corrected chi connectivity index (χ4v) is 2.09. The maximum Gasteiger partial charge on any atom is 0.408 e. The van der Waals surface area contributed by atoms with E-state index in [1.54, 1.807) is 58.9 Å². The van der Waals surface area contributed by atoms with Gasteiger partial charge < -0.3 is 19.5 Å². The minimum absolute atomic E-state index is 0.201. The molecule has 0 fully saturated rings. The van der Waals surface area contributed by atoms with Crippen molar-refractivity contribution in [3.05, 3.63) is 35.4 Å². The number of amides is 1. The highest BCUT2D eigenvalue weighted by Gasteiger charge is 2.26. The van der Waals surface area contributed by atoms with E-state index in [9.17, 15) is 14.4 Å². The van der Waals surface area contributed by atoms with Gasteiger partial charge in [0.2, 0.25) is 0 Å². The van der Waals surface area contributed by atoms with Crippen LogP contribution in [0.15, 0.2) is 24.3 Å². The molecule has 7 nitrogen and oxygen atoms in total. The average molecular weight is 365 g/mol. The van der Waals surface area contributed by atoms with Gasteiger partial charge in [-0.1, -0.05) is 12.1 Å². The van der Waals surface area contributed by atoms with Crippen LogP contribution in [0.2, 0.25) is 0 Å². The maximum absolute atomic E-state index is 12.3. The Balaban J connectivity index is 2.89. The van der Waals surface area contributed by atoms with Crippen molar-refractivity contribution in [2.75, 3.05) is 7.11 Å². The third-order valence-corrected chi connectivity index (χ3v) is 3.14. The summed E-state index contributed by atoms with van der Waals surface area (Å²) >= 11 is 0. The molecule has 0 saturated heterocycles. The highest BCUT2D eigenvalue weighted by molar-refractivity contribution is 5.89. The lowest BCUT2D eigenvalue weighted by molar-refractivity contribution is -0.149. The topological polar surface area (TPSA) is 90.9 Å². The average Bonchev–Trinajstić information content (AvgIpc) is 2.51. The van der Waals surface area contributed by atoms with Crippen molar-refractivity contribution in [1.29, 1.82) is 0 Å². The molecule has 0 aliphatic heterocycles. The van der Waals surface area contributed by atoms with Crippen LogP contribution in [0.1, 0.15) is 50.5 Å². The Kier molecular flexibility index (Phi) is 7.61. The Morgan fingerprint density at radius 2 is 1.65 bits per heavy atom. The fraction of sp³-hybridized carbons (Fsp3) is 0.526. The molecule has 0 bridgehead atoms. The van der Waals surface area contributed by atoms with Crippen LogP contribution in [0, 0.1) is 0 Å². The quantitative estimate of drug-likeness (QED) is 0.616. The number of ether oxygens (including phenoxy) is 3. The molecule has 1 rings (SSSR count). The number of methoxy groups -OCH3 is 1. The summed E-state index contributed by atoms with van der Waals surface area (Å²) in [5.41, 5.74) is 0.468. The first kappa shape index (κ1) is 21.5. The van der Waals surface area contributed by atoms with E-state index < -0.39 is 29.7 Å². The summed E-state index contributed by atoms with van der Waals surface area (Å²) in [6, 6.07) is 5.67. The van der Waals surface area contributed by atoms with Crippen molar-refractivity contribution >= 4 is 18.0 Å². The smallest absolute Gasteiger partial charge is 0.408 e. The van der Waals surface area contributed by atoms with E-state index in [0.29, 0.717) is 5.56 Å². The van der Waals surface area contributed by atoms with E-state index in [2.05, 4.69) is 10.1 Å². The molecule has 7 heteroatoms. The molecule has 0 heterocycles. The highest BCUT2D eigenvalue weighted by atomic mass is 16.6. The van der Waals surface area contributed by atoms with Gasteiger partial charge in [-0.15, -0.1) is 0 Å². The summed E-state index contributed by atoms with van der Waals surface area (Å²) in [7, 11) is 1.30. The van der Waals surface area contributed by atoms with Crippen LogP contribution in [-0.2, 0) is 25.4 Å². The SMILES string of the molecule is COC(=O)c1ccc(CC(NC(=O)OC(C)(C)C)C(=O)OC(C)C)cc1. The normalized spacial score (nSPS) is 12.3. The van der Waals surface area contributed by atoms with Crippen molar-refractivity contribution in [2.24, 2.45) is 0 Å². The van der Waals surface area contributed by atoms with E-state index in [-0.39, 0.29) is 12.5 Å². The van der Waals surface area contributed by atoms with Crippen LogP contribution < -0.4 is 5.32 Å². The Hall–Kier alpha value is -2.57. The first-order valence-corrected chi connectivity index (χ1v) is 8.39. The number of alkyl carbamates (subject to hydrolysis) is 1. The number of benzene rings is 1. The zero-order chi connectivity index (χ0) is 19.9. The number of hydrogen-bond acceptors (Lipinski definition) is 6. The molecule has 0 aliphatic carbocycles. The van der Waals surface area contributed by atoms with Crippen molar-refractivity contribution in [1.82, 2.24) is 5.32 Å². The number of carbonyl (C=O) groups is 3. The van der Waals surface area contributed by atoms with E-state index in [0.717, 1.165) is 5.56 Å². The lowest BCUT2D eigenvalue weighted by Gasteiger charge is -2.23. The maximum atomic E-state index is 12.3.